The van der Waals surface area contributed by atoms with Gasteiger partial charge < -0.3 is 10.1 Å². The average Bonchev–Trinajstić information content (AvgIpc) is 3.21. The number of hydrogen-bond acceptors (Lipinski definition) is 2. The first-order chi connectivity index (χ1) is 10.1. The molecule has 1 heterocycles. The van der Waals surface area contributed by atoms with E-state index in [1.165, 1.54) is 18.4 Å². The second-order valence-corrected chi connectivity index (χ2v) is 7.45. The number of ether oxygens (including phenoxy) is 1. The van der Waals surface area contributed by atoms with E-state index in [4.69, 9.17) is 16.3 Å². The highest BCUT2D eigenvalue weighted by atomic mass is 35.5. The van der Waals surface area contributed by atoms with Crippen molar-refractivity contribution in [1.82, 2.24) is 5.32 Å². The summed E-state index contributed by atoms with van der Waals surface area (Å²) >= 11 is 6.41. The van der Waals surface area contributed by atoms with Crippen LogP contribution in [0.4, 0.5) is 0 Å². The zero-order chi connectivity index (χ0) is 14.9. The third-order valence-electron chi connectivity index (χ3n) is 4.91. The average molecular weight is 308 g/mol. The van der Waals surface area contributed by atoms with Gasteiger partial charge in [0, 0.05) is 29.6 Å². The molecule has 21 heavy (non-hydrogen) atoms. The topological polar surface area (TPSA) is 21.3 Å². The molecule has 1 aromatic carbocycles. The quantitative estimate of drug-likeness (QED) is 0.855. The molecule has 0 amide bonds. The maximum Gasteiger partial charge on any atom is 0.0675 e. The summed E-state index contributed by atoms with van der Waals surface area (Å²) < 4.78 is 6.15. The van der Waals surface area contributed by atoms with Gasteiger partial charge in [-0.1, -0.05) is 43.6 Å². The maximum absolute atomic E-state index is 6.41. The normalized spacial score (nSPS) is 29.2. The second kappa shape index (κ2) is 6.28. The summed E-state index contributed by atoms with van der Waals surface area (Å²) in [7, 11) is 0. The third-order valence-corrected chi connectivity index (χ3v) is 5.28. The Balaban J connectivity index is 1.83. The van der Waals surface area contributed by atoms with Crippen molar-refractivity contribution in [3.8, 4) is 0 Å². The van der Waals surface area contributed by atoms with Gasteiger partial charge in [0.05, 0.1) is 6.10 Å². The number of nitrogens with one attached hydrogen (secondary N) is 1. The van der Waals surface area contributed by atoms with Crippen molar-refractivity contribution in [2.75, 3.05) is 13.2 Å². The number of benzene rings is 1. The number of rotatable bonds is 6. The predicted molar refractivity (Wildman–Crippen MR) is 87.8 cm³/mol. The minimum atomic E-state index is 0.205. The zero-order valence-corrected chi connectivity index (χ0v) is 13.8. The Hall–Kier alpha value is -0.570. The van der Waals surface area contributed by atoms with E-state index < -0.39 is 0 Å². The minimum Gasteiger partial charge on any atom is -0.377 e. The largest absolute Gasteiger partial charge is 0.377 e. The summed E-state index contributed by atoms with van der Waals surface area (Å²) in [5.41, 5.74) is 1.47. The van der Waals surface area contributed by atoms with Gasteiger partial charge >= 0.3 is 0 Å². The Bertz CT molecular complexity index is 486. The molecule has 1 saturated carbocycles. The van der Waals surface area contributed by atoms with E-state index in [9.17, 15) is 0 Å². The fourth-order valence-corrected chi connectivity index (χ4v) is 3.81. The van der Waals surface area contributed by atoms with Gasteiger partial charge in [0.2, 0.25) is 0 Å². The summed E-state index contributed by atoms with van der Waals surface area (Å²) in [6, 6.07) is 8.78. The van der Waals surface area contributed by atoms with Crippen molar-refractivity contribution in [2.45, 2.75) is 51.7 Å². The summed E-state index contributed by atoms with van der Waals surface area (Å²) in [5, 5.41) is 4.55. The van der Waals surface area contributed by atoms with Crippen LogP contribution in [0.2, 0.25) is 5.02 Å². The van der Waals surface area contributed by atoms with E-state index in [2.05, 4.69) is 31.3 Å². The standard InChI is InChI=1S/C18H26ClNO/c1-13(2)20-12-18(9-10-21-17(18)14-7-8-14)11-15-5-3-4-6-16(15)19/h3-6,13-14,17,20H,7-12H2,1-2H3. The van der Waals surface area contributed by atoms with Gasteiger partial charge in [0.15, 0.2) is 0 Å². The summed E-state index contributed by atoms with van der Waals surface area (Å²) in [6.45, 7) is 6.35. The molecule has 2 fully saturated rings. The van der Waals surface area contributed by atoms with Crippen LogP contribution in [-0.4, -0.2) is 25.3 Å². The Morgan fingerprint density at radius 3 is 2.76 bits per heavy atom. The van der Waals surface area contributed by atoms with E-state index in [1.807, 2.05) is 12.1 Å². The highest BCUT2D eigenvalue weighted by Crippen LogP contribution is 2.49. The second-order valence-electron chi connectivity index (χ2n) is 7.04. The van der Waals surface area contributed by atoms with Crippen LogP contribution in [0, 0.1) is 11.3 Å². The molecular formula is C18H26ClNO. The van der Waals surface area contributed by atoms with Crippen LogP contribution in [0.3, 0.4) is 0 Å². The Labute approximate surface area is 133 Å². The van der Waals surface area contributed by atoms with Crippen LogP contribution in [0.25, 0.3) is 0 Å². The monoisotopic (exact) mass is 307 g/mol. The SMILES string of the molecule is CC(C)NCC1(Cc2ccccc2Cl)CCOC1C1CC1. The van der Waals surface area contributed by atoms with Crippen LogP contribution in [0.5, 0.6) is 0 Å². The number of halogens is 1. The lowest BCUT2D eigenvalue weighted by Crippen LogP contribution is -2.45. The van der Waals surface area contributed by atoms with Gasteiger partial charge in [-0.05, 0) is 43.2 Å². The first kappa shape index (κ1) is 15.3. The summed E-state index contributed by atoms with van der Waals surface area (Å²) in [5.74, 6) is 0.768. The molecule has 1 N–H and O–H groups in total. The van der Waals surface area contributed by atoms with Crippen molar-refractivity contribution in [3.05, 3.63) is 34.9 Å². The first-order valence-corrected chi connectivity index (χ1v) is 8.57. The molecule has 0 spiro atoms. The highest BCUT2D eigenvalue weighted by molar-refractivity contribution is 6.31. The molecule has 2 unspecified atom stereocenters. The predicted octanol–water partition coefficient (Wildman–Crippen LogP) is 4.07. The van der Waals surface area contributed by atoms with Gasteiger partial charge in [0.25, 0.3) is 0 Å². The number of hydrogen-bond donors (Lipinski definition) is 1. The molecule has 1 aliphatic heterocycles. The lowest BCUT2D eigenvalue weighted by Gasteiger charge is -2.36. The third kappa shape index (κ3) is 3.44. The van der Waals surface area contributed by atoms with Crippen LogP contribution in [0.15, 0.2) is 24.3 Å². The molecule has 0 aromatic heterocycles. The molecule has 1 aliphatic carbocycles. The van der Waals surface area contributed by atoms with Gasteiger partial charge in [-0.25, -0.2) is 0 Å². The first-order valence-electron chi connectivity index (χ1n) is 8.19. The molecule has 2 aliphatic rings. The van der Waals surface area contributed by atoms with E-state index in [1.54, 1.807) is 0 Å². The van der Waals surface area contributed by atoms with E-state index in [0.29, 0.717) is 12.1 Å². The molecule has 3 rings (SSSR count). The molecule has 1 saturated heterocycles. The van der Waals surface area contributed by atoms with Crippen molar-refractivity contribution in [1.29, 1.82) is 0 Å². The lowest BCUT2D eigenvalue weighted by atomic mass is 9.74. The summed E-state index contributed by atoms with van der Waals surface area (Å²) in [6.07, 6.45) is 5.22. The van der Waals surface area contributed by atoms with Crippen LogP contribution in [-0.2, 0) is 11.2 Å². The molecule has 116 valence electrons. The van der Waals surface area contributed by atoms with Crippen molar-refractivity contribution in [2.24, 2.45) is 11.3 Å². The molecule has 1 aromatic rings. The molecule has 2 nitrogen and oxygen atoms in total. The highest BCUT2D eigenvalue weighted by Gasteiger charge is 2.50. The van der Waals surface area contributed by atoms with E-state index >= 15 is 0 Å². The van der Waals surface area contributed by atoms with E-state index in [0.717, 1.165) is 36.9 Å². The van der Waals surface area contributed by atoms with Gasteiger partial charge in [-0.15, -0.1) is 0 Å². The molecular weight excluding hydrogens is 282 g/mol. The van der Waals surface area contributed by atoms with Crippen LogP contribution in [0.1, 0.15) is 38.7 Å². The van der Waals surface area contributed by atoms with Crippen molar-refractivity contribution in [3.63, 3.8) is 0 Å². The van der Waals surface area contributed by atoms with Crippen molar-refractivity contribution >= 4 is 11.6 Å². The fraction of sp³-hybridized carbons (Fsp3) is 0.667. The summed E-state index contributed by atoms with van der Waals surface area (Å²) in [4.78, 5) is 0. The minimum absolute atomic E-state index is 0.205. The van der Waals surface area contributed by atoms with Crippen molar-refractivity contribution < 1.29 is 4.74 Å². The molecule has 0 bridgehead atoms. The van der Waals surface area contributed by atoms with Gasteiger partial charge in [-0.3, -0.25) is 0 Å². The Morgan fingerprint density at radius 1 is 1.33 bits per heavy atom. The molecule has 0 radical (unpaired) electrons. The van der Waals surface area contributed by atoms with Crippen LogP contribution >= 0.6 is 11.6 Å². The zero-order valence-electron chi connectivity index (χ0n) is 13.1. The smallest absolute Gasteiger partial charge is 0.0675 e. The van der Waals surface area contributed by atoms with Crippen LogP contribution < -0.4 is 5.32 Å². The Morgan fingerprint density at radius 2 is 2.10 bits per heavy atom. The fourth-order valence-electron chi connectivity index (χ4n) is 3.61. The van der Waals surface area contributed by atoms with E-state index in [-0.39, 0.29) is 5.41 Å². The molecule has 2 atom stereocenters. The Kier molecular flexibility index (Phi) is 4.58. The maximum atomic E-state index is 6.41. The molecule has 3 heteroatoms. The lowest BCUT2D eigenvalue weighted by molar-refractivity contribution is 0.0298. The van der Waals surface area contributed by atoms with Gasteiger partial charge in [-0.2, -0.15) is 0 Å². The van der Waals surface area contributed by atoms with Gasteiger partial charge in [0.1, 0.15) is 0 Å².